The average Bonchev–Trinajstić information content (AvgIpc) is 2.07. The van der Waals surface area contributed by atoms with Crippen molar-refractivity contribution in [3.8, 4) is 0 Å². The molecule has 2 aromatic rings. The minimum absolute atomic E-state index is 0.118. The Morgan fingerprint density at radius 2 is 2.08 bits per heavy atom. The van der Waals surface area contributed by atoms with Gasteiger partial charge in [0.25, 0.3) is 0 Å². The van der Waals surface area contributed by atoms with Crippen LogP contribution in [0.25, 0.3) is 10.1 Å². The molecule has 0 spiro atoms. The van der Waals surface area contributed by atoms with Gasteiger partial charge in [-0.15, -0.1) is 11.3 Å². The third-order valence-electron chi connectivity index (χ3n) is 1.81. The van der Waals surface area contributed by atoms with Gasteiger partial charge in [0.2, 0.25) is 0 Å². The maximum Gasteiger partial charge on any atom is 0.188 e. The summed E-state index contributed by atoms with van der Waals surface area (Å²) in [6, 6.07) is 7.58. The molecular weight excluding hydrogens is 168 g/mol. The normalized spacial score (nSPS) is 10.4. The van der Waals surface area contributed by atoms with Crippen molar-refractivity contribution in [2.75, 3.05) is 0 Å². The van der Waals surface area contributed by atoms with Gasteiger partial charge in [-0.1, -0.05) is 11.6 Å². The lowest BCUT2D eigenvalue weighted by Gasteiger charge is -1.95. The van der Waals surface area contributed by atoms with Crippen LogP contribution in [0.1, 0.15) is 5.56 Å². The lowest BCUT2D eigenvalue weighted by molar-refractivity contribution is 1.50. The molecule has 0 radical (unpaired) electrons. The predicted molar refractivity (Wildman–Crippen MR) is 52.8 cm³/mol. The van der Waals surface area contributed by atoms with E-state index in [4.69, 9.17) is 0 Å². The van der Waals surface area contributed by atoms with Gasteiger partial charge < -0.3 is 0 Å². The minimum atomic E-state index is 0.118. The first kappa shape index (κ1) is 7.50. The highest BCUT2D eigenvalue weighted by Crippen LogP contribution is 2.15. The van der Waals surface area contributed by atoms with Crippen LogP contribution in [0.5, 0.6) is 0 Å². The summed E-state index contributed by atoms with van der Waals surface area (Å²) in [5.74, 6) is 0. The second-order valence-corrected chi connectivity index (χ2v) is 3.73. The Hall–Kier alpha value is -1.15. The van der Waals surface area contributed by atoms with E-state index in [9.17, 15) is 4.79 Å². The zero-order valence-electron chi connectivity index (χ0n) is 6.70. The van der Waals surface area contributed by atoms with Gasteiger partial charge in [-0.05, 0) is 30.5 Å². The highest BCUT2D eigenvalue weighted by atomic mass is 32.1. The SMILES string of the molecule is Cc1ccc2sccc(=O)c2c1. The van der Waals surface area contributed by atoms with Gasteiger partial charge in [-0.2, -0.15) is 0 Å². The first-order valence-electron chi connectivity index (χ1n) is 3.75. The van der Waals surface area contributed by atoms with Crippen LogP contribution in [-0.2, 0) is 0 Å². The molecule has 0 unspecified atom stereocenters. The molecular formula is C10H8OS. The van der Waals surface area contributed by atoms with Crippen molar-refractivity contribution >= 4 is 21.4 Å². The molecule has 1 nitrogen and oxygen atoms in total. The van der Waals surface area contributed by atoms with Gasteiger partial charge in [0.1, 0.15) is 0 Å². The van der Waals surface area contributed by atoms with E-state index in [1.807, 2.05) is 30.5 Å². The van der Waals surface area contributed by atoms with E-state index in [1.54, 1.807) is 17.4 Å². The molecule has 60 valence electrons. The van der Waals surface area contributed by atoms with E-state index in [2.05, 4.69) is 0 Å². The van der Waals surface area contributed by atoms with Crippen LogP contribution in [0.3, 0.4) is 0 Å². The summed E-state index contributed by atoms with van der Waals surface area (Å²) >= 11 is 1.60. The molecule has 0 N–H and O–H groups in total. The molecule has 0 bridgehead atoms. The Morgan fingerprint density at radius 1 is 1.25 bits per heavy atom. The van der Waals surface area contributed by atoms with Gasteiger partial charge in [0, 0.05) is 10.1 Å². The van der Waals surface area contributed by atoms with Crippen LogP contribution in [0.15, 0.2) is 34.4 Å². The van der Waals surface area contributed by atoms with Crippen LogP contribution in [-0.4, -0.2) is 0 Å². The van der Waals surface area contributed by atoms with Crippen LogP contribution in [0.4, 0.5) is 0 Å². The molecule has 0 aliphatic carbocycles. The molecule has 2 rings (SSSR count). The monoisotopic (exact) mass is 176 g/mol. The fourth-order valence-electron chi connectivity index (χ4n) is 1.20. The Kier molecular flexibility index (Phi) is 1.70. The summed E-state index contributed by atoms with van der Waals surface area (Å²) in [6.07, 6.45) is 0. The van der Waals surface area contributed by atoms with Crippen molar-refractivity contribution in [2.45, 2.75) is 6.92 Å². The van der Waals surface area contributed by atoms with Crippen LogP contribution < -0.4 is 5.43 Å². The number of rotatable bonds is 0. The number of aryl methyl sites for hydroxylation is 1. The van der Waals surface area contributed by atoms with E-state index in [-0.39, 0.29) is 5.43 Å². The van der Waals surface area contributed by atoms with Crippen molar-refractivity contribution < 1.29 is 0 Å². The fourth-order valence-corrected chi connectivity index (χ4v) is 1.97. The van der Waals surface area contributed by atoms with E-state index in [1.165, 1.54) is 0 Å². The van der Waals surface area contributed by atoms with E-state index < -0.39 is 0 Å². The standard InChI is InChI=1S/C10H8OS/c1-7-2-3-10-8(6-7)9(11)4-5-12-10/h2-6H,1H3. The van der Waals surface area contributed by atoms with Gasteiger partial charge in [0.05, 0.1) is 0 Å². The van der Waals surface area contributed by atoms with Crippen LogP contribution >= 0.6 is 11.3 Å². The number of hydrogen-bond donors (Lipinski definition) is 0. The summed E-state index contributed by atoms with van der Waals surface area (Å²) in [5.41, 5.74) is 1.26. The molecule has 2 heteroatoms. The molecule has 1 heterocycles. The number of benzene rings is 1. The maximum absolute atomic E-state index is 11.3. The van der Waals surface area contributed by atoms with Crippen molar-refractivity contribution in [3.05, 3.63) is 45.4 Å². The zero-order chi connectivity index (χ0) is 8.55. The molecule has 0 aliphatic rings. The largest absolute Gasteiger partial charge is 0.289 e. The van der Waals surface area contributed by atoms with E-state index >= 15 is 0 Å². The molecule has 0 saturated carbocycles. The Bertz CT molecular complexity index is 470. The highest BCUT2D eigenvalue weighted by molar-refractivity contribution is 7.16. The summed E-state index contributed by atoms with van der Waals surface area (Å²) in [6.45, 7) is 2.00. The molecule has 1 aromatic heterocycles. The summed E-state index contributed by atoms with van der Waals surface area (Å²) in [5, 5.41) is 2.67. The van der Waals surface area contributed by atoms with E-state index in [0.717, 1.165) is 15.6 Å². The van der Waals surface area contributed by atoms with Crippen molar-refractivity contribution in [3.63, 3.8) is 0 Å². The third-order valence-corrected chi connectivity index (χ3v) is 2.70. The van der Waals surface area contributed by atoms with Gasteiger partial charge in [-0.25, -0.2) is 0 Å². The smallest absolute Gasteiger partial charge is 0.188 e. The van der Waals surface area contributed by atoms with Crippen LogP contribution in [0.2, 0.25) is 0 Å². The molecule has 1 aromatic carbocycles. The summed E-state index contributed by atoms with van der Waals surface area (Å²) in [4.78, 5) is 11.3. The number of fused-ring (bicyclic) bond motifs is 1. The molecule has 0 saturated heterocycles. The highest BCUT2D eigenvalue weighted by Gasteiger charge is 1.96. The molecule has 0 atom stereocenters. The lowest BCUT2D eigenvalue weighted by atomic mass is 10.2. The first-order valence-corrected chi connectivity index (χ1v) is 4.63. The van der Waals surface area contributed by atoms with Crippen LogP contribution in [0, 0.1) is 6.92 Å². The van der Waals surface area contributed by atoms with Crippen molar-refractivity contribution in [2.24, 2.45) is 0 Å². The molecule has 0 aliphatic heterocycles. The van der Waals surface area contributed by atoms with Gasteiger partial charge in [-0.3, -0.25) is 4.79 Å². The fraction of sp³-hybridized carbons (Fsp3) is 0.100. The minimum Gasteiger partial charge on any atom is -0.289 e. The topological polar surface area (TPSA) is 17.1 Å². The second kappa shape index (κ2) is 2.72. The Labute approximate surface area is 74.3 Å². The molecule has 12 heavy (non-hydrogen) atoms. The van der Waals surface area contributed by atoms with Crippen molar-refractivity contribution in [1.29, 1.82) is 0 Å². The van der Waals surface area contributed by atoms with E-state index in [0.29, 0.717) is 0 Å². The summed E-state index contributed by atoms with van der Waals surface area (Å²) in [7, 11) is 0. The first-order chi connectivity index (χ1) is 5.77. The van der Waals surface area contributed by atoms with Crippen molar-refractivity contribution in [1.82, 2.24) is 0 Å². The Morgan fingerprint density at radius 3 is 2.92 bits per heavy atom. The Balaban J connectivity index is 2.98. The maximum atomic E-state index is 11.3. The average molecular weight is 176 g/mol. The molecule has 0 amide bonds. The quantitative estimate of drug-likeness (QED) is 0.603. The number of hydrogen-bond acceptors (Lipinski definition) is 2. The second-order valence-electron chi connectivity index (χ2n) is 2.78. The predicted octanol–water partition coefficient (Wildman–Crippen LogP) is 2.57. The van der Waals surface area contributed by atoms with Gasteiger partial charge in [0.15, 0.2) is 5.43 Å². The lowest BCUT2D eigenvalue weighted by Crippen LogP contribution is -1.96. The van der Waals surface area contributed by atoms with Gasteiger partial charge >= 0.3 is 0 Å². The zero-order valence-corrected chi connectivity index (χ0v) is 7.52. The summed E-state index contributed by atoms with van der Waals surface area (Å²) < 4.78 is 1.06. The third kappa shape index (κ3) is 1.14. The molecule has 0 fully saturated rings.